The molecule has 0 saturated heterocycles. The van der Waals surface area contributed by atoms with Crippen LogP contribution in [0.1, 0.15) is 5.69 Å². The lowest BCUT2D eigenvalue weighted by Crippen LogP contribution is -2.13. The van der Waals surface area contributed by atoms with E-state index in [1.54, 1.807) is 0 Å². The van der Waals surface area contributed by atoms with Crippen molar-refractivity contribution in [2.75, 3.05) is 0 Å². The molecule has 0 amide bonds. The van der Waals surface area contributed by atoms with Gasteiger partial charge in [0.15, 0.2) is 10.8 Å². The molecule has 0 aliphatic rings. The molecule has 0 unspecified atom stereocenters. The highest BCUT2D eigenvalue weighted by molar-refractivity contribution is 14.1. The van der Waals surface area contributed by atoms with Crippen molar-refractivity contribution in [1.29, 1.82) is 0 Å². The molecule has 0 aliphatic carbocycles. The fourth-order valence-electron chi connectivity index (χ4n) is 0.773. The van der Waals surface area contributed by atoms with Crippen molar-refractivity contribution in [3.8, 4) is 0 Å². The van der Waals surface area contributed by atoms with Crippen LogP contribution in [0.2, 0.25) is 5.15 Å². The van der Waals surface area contributed by atoms with Crippen LogP contribution >= 0.6 is 34.2 Å². The minimum Gasteiger partial charge on any atom is -0.261 e. The summed E-state index contributed by atoms with van der Waals surface area (Å²) in [5.41, 5.74) is -0.812. The van der Waals surface area contributed by atoms with Gasteiger partial charge in [-0.2, -0.15) is 18.3 Å². The molecule has 0 bridgehead atoms. The van der Waals surface area contributed by atoms with Gasteiger partial charge in [-0.15, -0.1) is 0 Å². The second kappa shape index (κ2) is 3.06. The topological polar surface area (TPSA) is 17.8 Å². The van der Waals surface area contributed by atoms with Gasteiger partial charge in [-0.3, -0.25) is 4.68 Å². The van der Waals surface area contributed by atoms with Crippen LogP contribution in [-0.2, 0) is 13.2 Å². The van der Waals surface area contributed by atoms with E-state index in [0.29, 0.717) is 0 Å². The molecule has 0 fully saturated rings. The molecule has 1 heterocycles. The zero-order chi connectivity index (χ0) is 9.52. The predicted octanol–water partition coefficient (Wildman–Crippen LogP) is 2.70. The first kappa shape index (κ1) is 10.1. The molecule has 0 aromatic carbocycles. The van der Waals surface area contributed by atoms with Gasteiger partial charge in [0, 0.05) is 7.05 Å². The Bertz CT molecular complexity index is 306. The molecule has 0 spiro atoms. The molecule has 0 aliphatic heterocycles. The van der Waals surface area contributed by atoms with Crippen LogP contribution in [0.5, 0.6) is 0 Å². The maximum absolute atomic E-state index is 12.2. The summed E-state index contributed by atoms with van der Waals surface area (Å²) in [5, 5.41) is 3.31. The van der Waals surface area contributed by atoms with E-state index in [-0.39, 0.29) is 8.72 Å². The van der Waals surface area contributed by atoms with Crippen molar-refractivity contribution in [2.45, 2.75) is 6.18 Å². The number of nitrogens with zero attached hydrogens (tertiary/aromatic N) is 2. The molecule has 68 valence electrons. The third-order valence-corrected chi connectivity index (χ3v) is 2.82. The Hall–Kier alpha value is 0.0200. The number of hydrogen-bond donors (Lipinski definition) is 0. The predicted molar refractivity (Wildman–Crippen MR) is 45.9 cm³/mol. The minimum atomic E-state index is -4.40. The Morgan fingerprint density at radius 2 is 2.00 bits per heavy atom. The molecule has 1 aromatic rings. The lowest BCUT2D eigenvalue weighted by Gasteiger charge is -2.06. The van der Waals surface area contributed by atoms with Gasteiger partial charge in [0.25, 0.3) is 0 Å². The quantitative estimate of drug-likeness (QED) is 0.674. The third-order valence-electron chi connectivity index (χ3n) is 1.22. The molecule has 0 radical (unpaired) electrons. The van der Waals surface area contributed by atoms with E-state index in [1.807, 2.05) is 0 Å². The first-order chi connectivity index (χ1) is 5.34. The monoisotopic (exact) mass is 310 g/mol. The molecule has 1 rings (SSSR count). The van der Waals surface area contributed by atoms with E-state index in [1.165, 1.54) is 29.6 Å². The molecular weight excluding hydrogens is 307 g/mol. The van der Waals surface area contributed by atoms with E-state index in [4.69, 9.17) is 11.6 Å². The number of aryl methyl sites for hydroxylation is 1. The summed E-state index contributed by atoms with van der Waals surface area (Å²) in [4.78, 5) is 0. The first-order valence-corrected chi connectivity index (χ1v) is 4.25. The summed E-state index contributed by atoms with van der Waals surface area (Å²) in [6.45, 7) is 0. The van der Waals surface area contributed by atoms with Gasteiger partial charge in [-0.25, -0.2) is 0 Å². The molecule has 0 atom stereocenters. The van der Waals surface area contributed by atoms with Crippen LogP contribution in [0.4, 0.5) is 13.2 Å². The second-order valence-electron chi connectivity index (χ2n) is 2.07. The van der Waals surface area contributed by atoms with Gasteiger partial charge >= 0.3 is 6.18 Å². The van der Waals surface area contributed by atoms with Crippen LogP contribution < -0.4 is 0 Å². The van der Waals surface area contributed by atoms with Crippen LogP contribution in [0.25, 0.3) is 0 Å². The van der Waals surface area contributed by atoms with Crippen LogP contribution in [0.3, 0.4) is 0 Å². The summed E-state index contributed by atoms with van der Waals surface area (Å²) in [6, 6.07) is 0. The maximum Gasteiger partial charge on any atom is 0.434 e. The average Bonchev–Trinajstić information content (AvgIpc) is 2.05. The van der Waals surface area contributed by atoms with E-state index < -0.39 is 11.9 Å². The fraction of sp³-hybridized carbons (Fsp3) is 0.400. The number of rotatable bonds is 0. The molecule has 12 heavy (non-hydrogen) atoms. The Labute approximate surface area is 84.8 Å². The number of alkyl halides is 3. The Balaban J connectivity index is 3.32. The normalized spacial score (nSPS) is 12.2. The third kappa shape index (κ3) is 1.68. The highest BCUT2D eigenvalue weighted by atomic mass is 127. The van der Waals surface area contributed by atoms with Crippen LogP contribution in [-0.4, -0.2) is 9.78 Å². The van der Waals surface area contributed by atoms with Crippen molar-refractivity contribution in [2.24, 2.45) is 7.05 Å². The lowest BCUT2D eigenvalue weighted by molar-refractivity contribution is -0.144. The minimum absolute atomic E-state index is 0.0655. The molecule has 0 saturated carbocycles. The van der Waals surface area contributed by atoms with Gasteiger partial charge in [0.2, 0.25) is 0 Å². The SMILES string of the molecule is Cn1nc(Cl)c(I)c1C(F)(F)F. The molecule has 1 aromatic heterocycles. The van der Waals surface area contributed by atoms with E-state index >= 15 is 0 Å². The summed E-state index contributed by atoms with van der Waals surface area (Å²) in [6.07, 6.45) is -4.40. The molecule has 7 heteroatoms. The van der Waals surface area contributed by atoms with Gasteiger partial charge < -0.3 is 0 Å². The van der Waals surface area contributed by atoms with Gasteiger partial charge in [0.05, 0.1) is 3.57 Å². The average molecular weight is 310 g/mol. The standard InChI is InChI=1S/C5H3ClF3IN2/c1-12-3(5(7,8)9)2(10)4(6)11-12/h1H3. The maximum atomic E-state index is 12.2. The summed E-state index contributed by atoms with van der Waals surface area (Å²) in [7, 11) is 1.21. The zero-order valence-corrected chi connectivity index (χ0v) is 8.70. The highest BCUT2D eigenvalue weighted by Crippen LogP contribution is 2.35. The van der Waals surface area contributed by atoms with Crippen LogP contribution in [0, 0.1) is 3.57 Å². The first-order valence-electron chi connectivity index (χ1n) is 2.79. The van der Waals surface area contributed by atoms with Crippen LogP contribution in [0.15, 0.2) is 0 Å². The van der Waals surface area contributed by atoms with Gasteiger partial charge in [-0.1, -0.05) is 11.6 Å². The zero-order valence-electron chi connectivity index (χ0n) is 5.78. The Morgan fingerprint density at radius 1 is 1.50 bits per heavy atom. The smallest absolute Gasteiger partial charge is 0.261 e. The lowest BCUT2D eigenvalue weighted by atomic mass is 10.4. The Kier molecular flexibility index (Phi) is 2.57. The van der Waals surface area contributed by atoms with Gasteiger partial charge in [-0.05, 0) is 22.6 Å². The Morgan fingerprint density at radius 3 is 2.17 bits per heavy atom. The van der Waals surface area contributed by atoms with Crippen molar-refractivity contribution in [1.82, 2.24) is 9.78 Å². The largest absolute Gasteiger partial charge is 0.434 e. The van der Waals surface area contributed by atoms with E-state index in [0.717, 1.165) is 4.68 Å². The fourth-order valence-corrected chi connectivity index (χ4v) is 1.74. The highest BCUT2D eigenvalue weighted by Gasteiger charge is 2.38. The van der Waals surface area contributed by atoms with Crippen molar-refractivity contribution in [3.63, 3.8) is 0 Å². The number of hydrogen-bond acceptors (Lipinski definition) is 1. The van der Waals surface area contributed by atoms with E-state index in [2.05, 4.69) is 5.10 Å². The summed E-state index contributed by atoms with van der Waals surface area (Å²) < 4.78 is 37.3. The van der Waals surface area contributed by atoms with Crippen molar-refractivity contribution >= 4 is 34.2 Å². The molecule has 2 nitrogen and oxygen atoms in total. The second-order valence-corrected chi connectivity index (χ2v) is 3.51. The molecule has 0 N–H and O–H groups in total. The number of halogens is 5. The number of aromatic nitrogens is 2. The van der Waals surface area contributed by atoms with Crippen molar-refractivity contribution in [3.05, 3.63) is 14.4 Å². The summed E-state index contributed by atoms with van der Waals surface area (Å²) in [5.74, 6) is 0. The van der Waals surface area contributed by atoms with E-state index in [9.17, 15) is 13.2 Å². The summed E-state index contributed by atoms with van der Waals surface area (Å²) >= 11 is 6.92. The van der Waals surface area contributed by atoms with Gasteiger partial charge in [0.1, 0.15) is 0 Å². The van der Waals surface area contributed by atoms with Crippen molar-refractivity contribution < 1.29 is 13.2 Å². The molecular formula is C5H3ClF3IN2.